The van der Waals surface area contributed by atoms with Gasteiger partial charge in [-0.3, -0.25) is 4.79 Å². The normalized spacial score (nSPS) is 10.4. The van der Waals surface area contributed by atoms with Gasteiger partial charge in [0.05, 0.1) is 23.6 Å². The van der Waals surface area contributed by atoms with Gasteiger partial charge in [-0.05, 0) is 6.07 Å². The summed E-state index contributed by atoms with van der Waals surface area (Å²) in [5.41, 5.74) is 6.38. The fourth-order valence-corrected chi connectivity index (χ4v) is 1.39. The number of rotatable bonds is 2. The molecule has 0 spiro atoms. The molecule has 72 valence electrons. The Hall–Kier alpha value is -2.04. The molecule has 3 N–H and O–H groups in total. The molecule has 0 radical (unpaired) electrons. The van der Waals surface area contributed by atoms with Crippen LogP contribution >= 0.6 is 0 Å². The van der Waals surface area contributed by atoms with E-state index in [4.69, 9.17) is 10.5 Å². The molecule has 0 aliphatic rings. The van der Waals surface area contributed by atoms with E-state index < -0.39 is 5.91 Å². The first-order valence-electron chi connectivity index (χ1n) is 4.04. The highest BCUT2D eigenvalue weighted by Gasteiger charge is 2.13. The summed E-state index contributed by atoms with van der Waals surface area (Å²) in [5.74, 6) is -0.0971. The first kappa shape index (κ1) is 8.55. The van der Waals surface area contributed by atoms with Gasteiger partial charge in [-0.25, -0.2) is 4.98 Å². The van der Waals surface area contributed by atoms with Crippen LogP contribution in [0.15, 0.2) is 18.5 Å². The molecule has 2 heterocycles. The van der Waals surface area contributed by atoms with Crippen molar-refractivity contribution in [1.82, 2.24) is 9.97 Å². The van der Waals surface area contributed by atoms with Crippen LogP contribution in [0, 0.1) is 0 Å². The predicted molar refractivity (Wildman–Crippen MR) is 51.2 cm³/mol. The van der Waals surface area contributed by atoms with Gasteiger partial charge < -0.3 is 15.5 Å². The number of nitrogens with zero attached hydrogens (tertiary/aromatic N) is 1. The summed E-state index contributed by atoms with van der Waals surface area (Å²) in [7, 11) is 1.50. The van der Waals surface area contributed by atoms with Crippen molar-refractivity contribution in [3.05, 3.63) is 24.0 Å². The predicted octanol–water partition coefficient (Wildman–Crippen LogP) is 0.670. The van der Waals surface area contributed by atoms with Crippen LogP contribution in [-0.2, 0) is 0 Å². The summed E-state index contributed by atoms with van der Waals surface area (Å²) in [6.45, 7) is 0. The standard InChI is InChI=1S/C9H9N3O2/c1-14-9-7-5(8(10)13)4-12-6(7)2-3-11-9/h2-4,12H,1H3,(H2,10,13). The molecule has 0 unspecified atom stereocenters. The van der Waals surface area contributed by atoms with Crippen molar-refractivity contribution in [1.29, 1.82) is 0 Å². The van der Waals surface area contributed by atoms with E-state index in [2.05, 4.69) is 9.97 Å². The van der Waals surface area contributed by atoms with Crippen LogP contribution in [0.2, 0.25) is 0 Å². The van der Waals surface area contributed by atoms with E-state index in [9.17, 15) is 4.79 Å². The molecule has 0 saturated heterocycles. The number of aromatic amines is 1. The van der Waals surface area contributed by atoms with Gasteiger partial charge >= 0.3 is 0 Å². The molecule has 0 aliphatic carbocycles. The minimum atomic E-state index is -0.498. The SMILES string of the molecule is COc1nccc2[nH]cc(C(N)=O)c12. The topological polar surface area (TPSA) is 81.0 Å². The van der Waals surface area contributed by atoms with E-state index in [-0.39, 0.29) is 0 Å². The number of amides is 1. The summed E-state index contributed by atoms with van der Waals surface area (Å²) in [4.78, 5) is 18.0. The number of pyridine rings is 1. The Morgan fingerprint density at radius 1 is 1.64 bits per heavy atom. The molecule has 0 aliphatic heterocycles. The lowest BCUT2D eigenvalue weighted by molar-refractivity contribution is 0.100. The van der Waals surface area contributed by atoms with Gasteiger partial charge in [0.25, 0.3) is 5.91 Å². The highest BCUT2D eigenvalue weighted by Crippen LogP contribution is 2.25. The molecule has 0 aromatic carbocycles. The lowest BCUT2D eigenvalue weighted by Crippen LogP contribution is -2.10. The van der Waals surface area contributed by atoms with Crippen LogP contribution < -0.4 is 10.5 Å². The highest BCUT2D eigenvalue weighted by molar-refractivity contribution is 6.07. The molecule has 0 saturated carbocycles. The number of carbonyl (C=O) groups excluding carboxylic acids is 1. The fourth-order valence-electron chi connectivity index (χ4n) is 1.39. The number of carbonyl (C=O) groups is 1. The van der Waals surface area contributed by atoms with Gasteiger partial charge in [0.1, 0.15) is 0 Å². The fraction of sp³-hybridized carbons (Fsp3) is 0.111. The summed E-state index contributed by atoms with van der Waals surface area (Å²) in [5, 5.41) is 0.627. The van der Waals surface area contributed by atoms with Gasteiger partial charge in [-0.1, -0.05) is 0 Å². The molecule has 0 atom stereocenters. The average molecular weight is 191 g/mol. The van der Waals surface area contributed by atoms with E-state index in [1.54, 1.807) is 18.5 Å². The molecule has 5 nitrogen and oxygen atoms in total. The molecular weight excluding hydrogens is 182 g/mol. The van der Waals surface area contributed by atoms with Crippen molar-refractivity contribution in [3.63, 3.8) is 0 Å². The average Bonchev–Trinajstić information content (AvgIpc) is 2.60. The molecule has 2 aromatic heterocycles. The third kappa shape index (κ3) is 1.10. The summed E-state index contributed by atoms with van der Waals surface area (Å²) < 4.78 is 5.04. The largest absolute Gasteiger partial charge is 0.480 e. The number of methoxy groups -OCH3 is 1. The number of fused-ring (bicyclic) bond motifs is 1. The maximum atomic E-state index is 11.1. The van der Waals surface area contributed by atoms with Crippen molar-refractivity contribution >= 4 is 16.8 Å². The smallest absolute Gasteiger partial charge is 0.251 e. The number of hydrogen-bond donors (Lipinski definition) is 2. The third-order valence-electron chi connectivity index (χ3n) is 2.02. The molecule has 5 heteroatoms. The van der Waals surface area contributed by atoms with Gasteiger partial charge in [0, 0.05) is 12.4 Å². The van der Waals surface area contributed by atoms with E-state index in [1.807, 2.05) is 0 Å². The molecule has 0 bridgehead atoms. The zero-order valence-corrected chi connectivity index (χ0v) is 7.57. The van der Waals surface area contributed by atoms with E-state index >= 15 is 0 Å². The van der Waals surface area contributed by atoms with Crippen LogP contribution in [-0.4, -0.2) is 23.0 Å². The van der Waals surface area contributed by atoms with Gasteiger partial charge in [-0.2, -0.15) is 0 Å². The Labute approximate surface area is 79.9 Å². The maximum absolute atomic E-state index is 11.1. The Kier molecular flexibility index (Phi) is 1.85. The number of H-pyrrole nitrogens is 1. The van der Waals surface area contributed by atoms with Crippen LogP contribution in [0.25, 0.3) is 10.9 Å². The minimum Gasteiger partial charge on any atom is -0.480 e. The van der Waals surface area contributed by atoms with Gasteiger partial charge in [0.15, 0.2) is 0 Å². The maximum Gasteiger partial charge on any atom is 0.251 e. The molecule has 2 rings (SSSR count). The van der Waals surface area contributed by atoms with Gasteiger partial charge in [0.2, 0.25) is 5.88 Å². The van der Waals surface area contributed by atoms with Crippen molar-refractivity contribution in [2.75, 3.05) is 7.11 Å². The Bertz CT molecular complexity index is 490. The first-order valence-corrected chi connectivity index (χ1v) is 4.04. The lowest BCUT2D eigenvalue weighted by atomic mass is 10.2. The summed E-state index contributed by atoms with van der Waals surface area (Å²) >= 11 is 0. The molecule has 1 amide bonds. The van der Waals surface area contributed by atoms with Crippen LogP contribution in [0.1, 0.15) is 10.4 Å². The Morgan fingerprint density at radius 2 is 2.43 bits per heavy atom. The van der Waals surface area contributed by atoms with Crippen molar-refractivity contribution in [2.45, 2.75) is 0 Å². The van der Waals surface area contributed by atoms with Crippen molar-refractivity contribution in [3.8, 4) is 5.88 Å². The van der Waals surface area contributed by atoms with E-state index in [1.165, 1.54) is 7.11 Å². The minimum absolute atomic E-state index is 0.393. The van der Waals surface area contributed by atoms with E-state index in [0.717, 1.165) is 5.52 Å². The summed E-state index contributed by atoms with van der Waals surface area (Å²) in [6, 6.07) is 1.75. The van der Waals surface area contributed by atoms with Gasteiger partial charge in [-0.15, -0.1) is 0 Å². The Morgan fingerprint density at radius 3 is 3.07 bits per heavy atom. The number of nitrogens with one attached hydrogen (secondary N) is 1. The Balaban J connectivity index is 2.81. The van der Waals surface area contributed by atoms with E-state index in [0.29, 0.717) is 16.8 Å². The molecule has 14 heavy (non-hydrogen) atoms. The zero-order valence-electron chi connectivity index (χ0n) is 7.57. The van der Waals surface area contributed by atoms with Crippen molar-refractivity contribution < 1.29 is 9.53 Å². The van der Waals surface area contributed by atoms with Crippen LogP contribution in [0.3, 0.4) is 0 Å². The quantitative estimate of drug-likeness (QED) is 0.732. The second-order valence-corrected chi connectivity index (χ2v) is 2.81. The monoisotopic (exact) mass is 191 g/mol. The van der Waals surface area contributed by atoms with Crippen LogP contribution in [0.4, 0.5) is 0 Å². The summed E-state index contributed by atoms with van der Waals surface area (Å²) in [6.07, 6.45) is 3.15. The zero-order chi connectivity index (χ0) is 10.1. The lowest BCUT2D eigenvalue weighted by Gasteiger charge is -2.00. The molecule has 2 aromatic rings. The second kappa shape index (κ2) is 3.02. The molecular formula is C9H9N3O2. The number of nitrogens with two attached hydrogens (primary N) is 1. The highest BCUT2D eigenvalue weighted by atomic mass is 16.5. The van der Waals surface area contributed by atoms with Crippen molar-refractivity contribution in [2.24, 2.45) is 5.73 Å². The van der Waals surface area contributed by atoms with Crippen LogP contribution in [0.5, 0.6) is 5.88 Å². The number of primary amides is 1. The molecule has 0 fully saturated rings. The first-order chi connectivity index (χ1) is 6.74. The number of aromatic nitrogens is 2. The number of ether oxygens (including phenoxy) is 1. The second-order valence-electron chi connectivity index (χ2n) is 2.81. The third-order valence-corrected chi connectivity index (χ3v) is 2.02. The number of hydrogen-bond acceptors (Lipinski definition) is 3.